The Bertz CT molecular complexity index is 2350. The van der Waals surface area contributed by atoms with E-state index in [0.29, 0.717) is 0 Å². The molecule has 1 fully saturated rings. The normalized spacial score (nSPS) is 15.9. The van der Waals surface area contributed by atoms with Crippen LogP contribution in [0.15, 0.2) is 11.3 Å². The fourth-order valence-corrected chi connectivity index (χ4v) is 8.49. The van der Waals surface area contributed by atoms with Gasteiger partial charge < -0.3 is 84.0 Å². The lowest BCUT2D eigenvalue weighted by Crippen LogP contribution is -2.60. The minimum absolute atomic E-state index is 0.00233. The molecule has 1 rings (SSSR count). The smallest absolute Gasteiger partial charge is 0.407 e. The van der Waals surface area contributed by atoms with Gasteiger partial charge in [0.15, 0.2) is 11.6 Å². The van der Waals surface area contributed by atoms with Crippen molar-refractivity contribution in [3.05, 3.63) is 11.3 Å². The summed E-state index contributed by atoms with van der Waals surface area (Å²) in [5.74, 6) is -7.98. The second-order valence-electron chi connectivity index (χ2n) is 25.9. The van der Waals surface area contributed by atoms with Crippen LogP contribution < -0.4 is 64.6 Å². The molecule has 0 aromatic heterocycles. The number of alkyl carbamates (subject to hydrolysis) is 3. The zero-order valence-corrected chi connectivity index (χ0v) is 52.8. The molecule has 0 aromatic carbocycles. The van der Waals surface area contributed by atoms with E-state index in [4.69, 9.17) is 25.7 Å². The fraction of sp³-hybridized carbons (Fsp3) is 0.754. The lowest BCUT2D eigenvalue weighted by atomic mass is 9.73. The van der Waals surface area contributed by atoms with E-state index in [0.717, 1.165) is 0 Å². The molecule has 484 valence electrons. The summed E-state index contributed by atoms with van der Waals surface area (Å²) in [7, 11) is 0. The number of nitrogens with two attached hydrogens (primary N) is 2. The van der Waals surface area contributed by atoms with Gasteiger partial charge in [-0.15, -0.1) is 0 Å². The highest BCUT2D eigenvalue weighted by Gasteiger charge is 2.38. The Morgan fingerprint density at radius 1 is 0.482 bits per heavy atom. The zero-order chi connectivity index (χ0) is 65.4. The van der Waals surface area contributed by atoms with Crippen molar-refractivity contribution < 1.29 is 76.9 Å². The Kier molecular flexibility index (Phi) is 31.0. The summed E-state index contributed by atoms with van der Waals surface area (Å²) in [5, 5.41) is 35.9. The van der Waals surface area contributed by atoms with Crippen LogP contribution in [0.4, 0.5) is 14.4 Å². The van der Waals surface area contributed by atoms with Crippen LogP contribution >= 0.6 is 0 Å². The lowest BCUT2D eigenvalue weighted by molar-refractivity contribution is -0.142. The number of hydrogen-bond acceptors (Lipinski definition) is 18. The molecule has 28 nitrogen and oxygen atoms in total. The average molecular weight is 1210 g/mol. The van der Waals surface area contributed by atoms with Crippen molar-refractivity contribution in [3.8, 4) is 0 Å². The molecule has 0 saturated heterocycles. The minimum Gasteiger partial charge on any atom is -0.480 e. The van der Waals surface area contributed by atoms with Gasteiger partial charge in [0.05, 0.1) is 11.6 Å². The summed E-state index contributed by atoms with van der Waals surface area (Å²) < 4.78 is 15.9. The van der Waals surface area contributed by atoms with Crippen molar-refractivity contribution in [3.63, 3.8) is 0 Å². The number of carboxylic acids is 1. The maximum Gasteiger partial charge on any atom is 0.407 e. The molecule has 0 aromatic rings. The van der Waals surface area contributed by atoms with Gasteiger partial charge in [0.2, 0.25) is 35.4 Å². The third kappa shape index (κ3) is 31.6. The molecular weight excluding hydrogens is 1110 g/mol. The number of aliphatic carboxylic acids is 1. The van der Waals surface area contributed by atoms with Crippen LogP contribution in [0, 0.1) is 17.3 Å². The van der Waals surface area contributed by atoms with Gasteiger partial charge in [-0.2, -0.15) is 0 Å². The highest BCUT2D eigenvalue weighted by molar-refractivity contribution is 6.22. The van der Waals surface area contributed by atoms with Gasteiger partial charge in [0.1, 0.15) is 53.1 Å². The molecule has 0 unspecified atom stereocenters. The van der Waals surface area contributed by atoms with Crippen molar-refractivity contribution in [2.45, 2.75) is 228 Å². The number of amides is 9. The van der Waals surface area contributed by atoms with Crippen molar-refractivity contribution in [2.75, 3.05) is 32.7 Å². The molecule has 0 bridgehead atoms. The number of carbonyl (C=O) groups is 12. The number of Topliss-reactive ketones (excluding diaryl/α,β-unsaturated/α-hetero) is 2. The van der Waals surface area contributed by atoms with E-state index in [9.17, 15) is 62.6 Å². The Labute approximate surface area is 500 Å². The molecule has 0 aliphatic heterocycles. The van der Waals surface area contributed by atoms with Gasteiger partial charge in [-0.05, 0) is 138 Å². The first-order valence-corrected chi connectivity index (χ1v) is 29.0. The monoisotopic (exact) mass is 1210 g/mol. The molecular formula is C57H100N12O16. The molecule has 1 aliphatic rings. The van der Waals surface area contributed by atoms with Crippen molar-refractivity contribution in [1.29, 1.82) is 0 Å². The predicted octanol–water partition coefficient (Wildman–Crippen LogP) is 1.70. The van der Waals surface area contributed by atoms with Crippen LogP contribution in [0.5, 0.6) is 0 Å². The Balaban J connectivity index is 3.73. The number of nitrogens with one attached hydrogen (secondary N) is 10. The van der Waals surface area contributed by atoms with Gasteiger partial charge in [0.25, 0.3) is 0 Å². The van der Waals surface area contributed by atoms with E-state index in [1.807, 2.05) is 13.8 Å². The quantitative estimate of drug-likeness (QED) is 0.0259. The SMILES string of the molecule is CC(NCC[C@H](NC(=O)[C@@H](N)CCNC(=O)OC(C)(C)C)C(=O)N[C@@H](CCNC(=O)OC(C)(C)C)C(=O)N[C@H](CC(C)C)C(=O)N[C@@H](CC(C)C)C(=O)N[C@@H](CCNC(=O)OC(C)(C)C)C(=O)N[C@@H](CCN)C(=O)O)=C1C(=O)CC(C)(C)CC1=O. The zero-order valence-electron chi connectivity index (χ0n) is 52.8. The first-order valence-electron chi connectivity index (χ1n) is 29.0. The van der Waals surface area contributed by atoms with Crippen LogP contribution in [0.25, 0.3) is 0 Å². The molecule has 1 aliphatic carbocycles. The second-order valence-corrected chi connectivity index (χ2v) is 25.9. The highest BCUT2D eigenvalue weighted by atomic mass is 16.6. The molecule has 0 heterocycles. The first-order chi connectivity index (χ1) is 39.0. The number of allylic oxidation sites excluding steroid dienone is 2. The summed E-state index contributed by atoms with van der Waals surface area (Å²) in [5.41, 5.74) is 8.95. The standard InChI is InChI=1S/C57H100N12O16/c1-31(2)27-39(48(76)66-36(20-25-62-52(81)84-55(9,10)11)46(74)67-38(17-22-58)50(78)79)69-49(77)40(28-32(3)4)68-47(75)37(21-26-63-53(82)85-56(12,13)14)65-45(73)35(64-44(72)34(59)18-23-61-51(80)83-54(6,7)8)19-24-60-33(5)43-41(70)29-57(15,16)30-42(43)71/h31-32,34-40,60H,17-30,58-59H2,1-16H3,(H,61,80)(H,62,81)(H,63,82)(H,64,72)(H,65,73)(H,66,76)(H,67,74)(H,68,75)(H,69,77)(H,78,79)/t34-,35-,36-,37-,38-,39-,40+/m0/s1. The topological polar surface area (TPSA) is 425 Å². The van der Waals surface area contributed by atoms with Crippen LogP contribution in [-0.4, -0.2) is 168 Å². The number of carboxylic acid groups (broad SMARTS) is 1. The lowest BCUT2D eigenvalue weighted by Gasteiger charge is -2.30. The fourth-order valence-electron chi connectivity index (χ4n) is 8.49. The van der Waals surface area contributed by atoms with E-state index in [-0.39, 0.29) is 125 Å². The number of hydrogen-bond donors (Lipinski definition) is 13. The molecule has 7 atom stereocenters. The summed E-state index contributed by atoms with van der Waals surface area (Å²) in [6.45, 7) is 26.3. The Hall–Kier alpha value is -7.10. The number of ether oxygens (including phenoxy) is 3. The van der Waals surface area contributed by atoms with E-state index in [1.165, 1.54) is 6.92 Å². The molecule has 28 heteroatoms. The van der Waals surface area contributed by atoms with Crippen LogP contribution in [0.3, 0.4) is 0 Å². The summed E-state index contributed by atoms with van der Waals surface area (Å²) in [4.78, 5) is 161. The highest BCUT2D eigenvalue weighted by Crippen LogP contribution is 2.34. The van der Waals surface area contributed by atoms with Gasteiger partial charge in [-0.25, -0.2) is 19.2 Å². The largest absolute Gasteiger partial charge is 0.480 e. The number of rotatable bonds is 32. The molecule has 0 spiro atoms. The van der Waals surface area contributed by atoms with Crippen molar-refractivity contribution in [2.24, 2.45) is 28.7 Å². The average Bonchev–Trinajstić information content (AvgIpc) is 3.39. The maximum atomic E-state index is 14.6. The minimum atomic E-state index is -1.55. The van der Waals surface area contributed by atoms with E-state index < -0.39 is 124 Å². The van der Waals surface area contributed by atoms with Gasteiger partial charge >= 0.3 is 24.2 Å². The van der Waals surface area contributed by atoms with Gasteiger partial charge in [0, 0.05) is 44.7 Å². The summed E-state index contributed by atoms with van der Waals surface area (Å²) >= 11 is 0. The molecule has 15 N–H and O–H groups in total. The van der Waals surface area contributed by atoms with Gasteiger partial charge in [-0.1, -0.05) is 41.5 Å². The van der Waals surface area contributed by atoms with E-state index >= 15 is 0 Å². The van der Waals surface area contributed by atoms with Crippen LogP contribution in [0.2, 0.25) is 0 Å². The Morgan fingerprint density at radius 3 is 1.09 bits per heavy atom. The van der Waals surface area contributed by atoms with Crippen LogP contribution in [0.1, 0.15) is 169 Å². The molecule has 0 radical (unpaired) electrons. The van der Waals surface area contributed by atoms with E-state index in [1.54, 1.807) is 90.0 Å². The molecule has 9 amide bonds. The summed E-state index contributed by atoms with van der Waals surface area (Å²) in [6, 6.07) is -9.94. The number of carbonyl (C=O) groups excluding carboxylic acids is 11. The maximum absolute atomic E-state index is 14.6. The summed E-state index contributed by atoms with van der Waals surface area (Å²) in [6.07, 6.45) is -3.23. The van der Waals surface area contributed by atoms with Crippen molar-refractivity contribution in [1.82, 2.24) is 53.2 Å². The third-order valence-corrected chi connectivity index (χ3v) is 12.3. The van der Waals surface area contributed by atoms with Crippen LogP contribution in [-0.2, 0) is 57.4 Å². The van der Waals surface area contributed by atoms with Gasteiger partial charge in [-0.3, -0.25) is 38.4 Å². The second kappa shape index (κ2) is 34.8. The molecule has 1 saturated carbocycles. The Morgan fingerprint density at radius 2 is 0.776 bits per heavy atom. The van der Waals surface area contributed by atoms with E-state index in [2.05, 4.69) is 53.2 Å². The number of ketones is 2. The van der Waals surface area contributed by atoms with Crippen molar-refractivity contribution >= 4 is 71.3 Å². The first kappa shape index (κ1) is 75.9. The third-order valence-electron chi connectivity index (χ3n) is 12.3. The predicted molar refractivity (Wildman–Crippen MR) is 315 cm³/mol. The molecule has 85 heavy (non-hydrogen) atoms.